The van der Waals surface area contributed by atoms with Crippen molar-refractivity contribution in [2.75, 3.05) is 13.2 Å². The Balaban J connectivity index is 1.61. The van der Waals surface area contributed by atoms with E-state index in [-0.39, 0.29) is 12.5 Å². The number of amides is 1. The van der Waals surface area contributed by atoms with Crippen molar-refractivity contribution in [3.63, 3.8) is 0 Å². The number of halogens is 1. The Hall–Kier alpha value is -3.12. The molecule has 29 heavy (non-hydrogen) atoms. The van der Waals surface area contributed by atoms with Crippen molar-refractivity contribution >= 4 is 28.1 Å². The van der Waals surface area contributed by atoms with Crippen LogP contribution in [-0.2, 0) is 4.79 Å². The zero-order valence-electron chi connectivity index (χ0n) is 16.0. The minimum absolute atomic E-state index is 0.141. The number of hydrogen-bond donors (Lipinski definition) is 1. The van der Waals surface area contributed by atoms with Crippen molar-refractivity contribution in [2.45, 2.75) is 6.92 Å². The van der Waals surface area contributed by atoms with E-state index in [1.54, 1.807) is 6.21 Å². The maximum Gasteiger partial charge on any atom is 0.277 e. The number of para-hydroxylation sites is 1. The number of hydrazone groups is 1. The van der Waals surface area contributed by atoms with Gasteiger partial charge in [-0.2, -0.15) is 5.10 Å². The van der Waals surface area contributed by atoms with Crippen molar-refractivity contribution in [2.24, 2.45) is 5.10 Å². The Morgan fingerprint density at radius 3 is 2.55 bits per heavy atom. The minimum atomic E-state index is -0.350. The molecular formula is C23H21BrN2O3. The first-order chi connectivity index (χ1) is 14.2. The molecule has 6 heteroatoms. The molecule has 1 N–H and O–H groups in total. The van der Waals surface area contributed by atoms with E-state index in [2.05, 4.69) is 26.5 Å². The molecule has 1 amide bonds. The molecule has 0 fully saturated rings. The normalized spacial score (nSPS) is 10.7. The van der Waals surface area contributed by atoms with Crippen LogP contribution >= 0.6 is 15.9 Å². The number of nitrogens with zero attached hydrogens (tertiary/aromatic N) is 1. The largest absolute Gasteiger partial charge is 0.493 e. The molecule has 3 aromatic rings. The van der Waals surface area contributed by atoms with Crippen LogP contribution in [-0.4, -0.2) is 25.3 Å². The van der Waals surface area contributed by atoms with Crippen molar-refractivity contribution in [3.05, 3.63) is 82.8 Å². The van der Waals surface area contributed by atoms with E-state index in [9.17, 15) is 4.79 Å². The monoisotopic (exact) mass is 452 g/mol. The lowest BCUT2D eigenvalue weighted by molar-refractivity contribution is -0.123. The molecule has 0 saturated carbocycles. The topological polar surface area (TPSA) is 59.9 Å². The van der Waals surface area contributed by atoms with Crippen LogP contribution in [0.1, 0.15) is 12.5 Å². The number of carbonyl (C=O) groups is 1. The van der Waals surface area contributed by atoms with Crippen LogP contribution < -0.4 is 14.9 Å². The maximum atomic E-state index is 12.1. The molecule has 0 atom stereocenters. The average molecular weight is 453 g/mol. The number of benzene rings is 3. The molecule has 0 aliphatic rings. The highest BCUT2D eigenvalue weighted by molar-refractivity contribution is 9.10. The van der Waals surface area contributed by atoms with Gasteiger partial charge in [0.1, 0.15) is 11.5 Å². The Bertz CT molecular complexity index is 990. The van der Waals surface area contributed by atoms with Crippen LogP contribution in [0.15, 0.2) is 82.4 Å². The lowest BCUT2D eigenvalue weighted by Crippen LogP contribution is -2.24. The fourth-order valence-corrected chi connectivity index (χ4v) is 3.08. The summed E-state index contributed by atoms with van der Waals surface area (Å²) in [6, 6.07) is 23.1. The van der Waals surface area contributed by atoms with Gasteiger partial charge in [-0.1, -0.05) is 64.5 Å². The van der Waals surface area contributed by atoms with E-state index >= 15 is 0 Å². The molecule has 3 rings (SSSR count). The smallest absolute Gasteiger partial charge is 0.277 e. The third kappa shape index (κ3) is 5.93. The lowest BCUT2D eigenvalue weighted by atomic mass is 10.1. The summed E-state index contributed by atoms with van der Waals surface area (Å²) in [4.78, 5) is 12.1. The van der Waals surface area contributed by atoms with Gasteiger partial charge in [-0.25, -0.2) is 5.43 Å². The second kappa shape index (κ2) is 10.4. The van der Waals surface area contributed by atoms with Crippen molar-refractivity contribution < 1.29 is 14.3 Å². The summed E-state index contributed by atoms with van der Waals surface area (Å²) in [5, 5.41) is 4.01. The van der Waals surface area contributed by atoms with Crippen LogP contribution in [0.4, 0.5) is 0 Å². The van der Waals surface area contributed by atoms with Gasteiger partial charge in [0, 0.05) is 15.6 Å². The predicted octanol–water partition coefficient (Wildman–Crippen LogP) is 5.04. The first kappa shape index (κ1) is 20.6. The van der Waals surface area contributed by atoms with E-state index < -0.39 is 0 Å². The third-order valence-corrected chi connectivity index (χ3v) is 4.49. The van der Waals surface area contributed by atoms with E-state index in [0.29, 0.717) is 18.1 Å². The molecule has 0 heterocycles. The van der Waals surface area contributed by atoms with Crippen LogP contribution in [0, 0.1) is 0 Å². The number of ether oxygens (including phenoxy) is 2. The van der Waals surface area contributed by atoms with E-state index in [0.717, 1.165) is 21.2 Å². The molecule has 148 valence electrons. The summed E-state index contributed by atoms with van der Waals surface area (Å²) >= 11 is 3.42. The minimum Gasteiger partial charge on any atom is -0.493 e. The zero-order chi connectivity index (χ0) is 20.5. The number of nitrogens with one attached hydrogen (secondary N) is 1. The fraction of sp³-hybridized carbons (Fsp3) is 0.130. The van der Waals surface area contributed by atoms with Gasteiger partial charge in [-0.15, -0.1) is 0 Å². The summed E-state index contributed by atoms with van der Waals surface area (Å²) in [5.41, 5.74) is 5.20. The van der Waals surface area contributed by atoms with Crippen LogP contribution in [0.25, 0.3) is 11.1 Å². The zero-order valence-corrected chi connectivity index (χ0v) is 17.6. The molecule has 3 aromatic carbocycles. The van der Waals surface area contributed by atoms with Gasteiger partial charge in [-0.3, -0.25) is 4.79 Å². The third-order valence-electron chi connectivity index (χ3n) is 4.00. The first-order valence-electron chi connectivity index (χ1n) is 9.19. The van der Waals surface area contributed by atoms with Gasteiger partial charge < -0.3 is 9.47 Å². The second-order valence-electron chi connectivity index (χ2n) is 6.06. The molecule has 0 radical (unpaired) electrons. The van der Waals surface area contributed by atoms with E-state index in [1.165, 1.54) is 0 Å². The van der Waals surface area contributed by atoms with Gasteiger partial charge >= 0.3 is 0 Å². The number of hydrogen-bond acceptors (Lipinski definition) is 4. The van der Waals surface area contributed by atoms with Crippen molar-refractivity contribution in [1.82, 2.24) is 5.43 Å². The molecule has 0 aliphatic heterocycles. The van der Waals surface area contributed by atoms with Gasteiger partial charge in [0.25, 0.3) is 5.91 Å². The standard InChI is InChI=1S/C23H21BrN2O3/c1-2-28-21-13-12-19(24)14-18(21)15-25-26-23(27)16-29-22-11-7-6-10-20(22)17-8-4-3-5-9-17/h3-15H,2,16H2,1H3,(H,26,27)/b25-15+. The molecule has 0 bridgehead atoms. The van der Waals surface area contributed by atoms with Gasteiger partial charge in [0.15, 0.2) is 6.61 Å². The van der Waals surface area contributed by atoms with Crippen molar-refractivity contribution in [1.29, 1.82) is 0 Å². The van der Waals surface area contributed by atoms with Gasteiger partial charge in [-0.05, 0) is 36.8 Å². The van der Waals surface area contributed by atoms with E-state index in [1.807, 2.05) is 79.7 Å². The lowest BCUT2D eigenvalue weighted by Gasteiger charge is -2.11. The molecular weight excluding hydrogens is 432 g/mol. The van der Waals surface area contributed by atoms with Gasteiger partial charge in [0.2, 0.25) is 0 Å². The van der Waals surface area contributed by atoms with Crippen LogP contribution in [0.3, 0.4) is 0 Å². The summed E-state index contributed by atoms with van der Waals surface area (Å²) < 4.78 is 12.2. The quantitative estimate of drug-likeness (QED) is 0.384. The van der Waals surface area contributed by atoms with Crippen molar-refractivity contribution in [3.8, 4) is 22.6 Å². The molecule has 0 spiro atoms. The van der Waals surface area contributed by atoms with Crippen LogP contribution in [0.5, 0.6) is 11.5 Å². The molecule has 5 nitrogen and oxygen atoms in total. The number of carbonyl (C=O) groups excluding carboxylic acids is 1. The molecule has 0 aliphatic carbocycles. The highest BCUT2D eigenvalue weighted by atomic mass is 79.9. The second-order valence-corrected chi connectivity index (χ2v) is 6.97. The van der Waals surface area contributed by atoms with Crippen LogP contribution in [0.2, 0.25) is 0 Å². The number of rotatable bonds is 8. The molecule has 0 aromatic heterocycles. The van der Waals surface area contributed by atoms with Gasteiger partial charge in [0.05, 0.1) is 12.8 Å². The summed E-state index contributed by atoms with van der Waals surface area (Å²) in [6.07, 6.45) is 1.55. The predicted molar refractivity (Wildman–Crippen MR) is 118 cm³/mol. The Morgan fingerprint density at radius 1 is 1.00 bits per heavy atom. The Morgan fingerprint density at radius 2 is 1.76 bits per heavy atom. The Labute approximate surface area is 178 Å². The molecule has 0 saturated heterocycles. The fourth-order valence-electron chi connectivity index (χ4n) is 2.71. The first-order valence-corrected chi connectivity index (χ1v) is 9.98. The summed E-state index contributed by atoms with van der Waals surface area (Å²) in [5.74, 6) is 0.988. The highest BCUT2D eigenvalue weighted by Gasteiger charge is 2.08. The highest BCUT2D eigenvalue weighted by Crippen LogP contribution is 2.29. The summed E-state index contributed by atoms with van der Waals surface area (Å²) in [7, 11) is 0. The SMILES string of the molecule is CCOc1ccc(Br)cc1/C=N/NC(=O)COc1ccccc1-c1ccccc1. The summed E-state index contributed by atoms with van der Waals surface area (Å²) in [6.45, 7) is 2.32. The molecule has 0 unspecified atom stereocenters. The average Bonchev–Trinajstić information content (AvgIpc) is 2.75. The van der Waals surface area contributed by atoms with E-state index in [4.69, 9.17) is 9.47 Å². The maximum absolute atomic E-state index is 12.1. The Kier molecular flexibility index (Phi) is 7.41.